The summed E-state index contributed by atoms with van der Waals surface area (Å²) in [5, 5.41) is 13.0. The van der Waals surface area contributed by atoms with E-state index in [1.165, 1.54) is 4.68 Å². The average molecular weight is 394 g/mol. The minimum atomic E-state index is -0.203. The van der Waals surface area contributed by atoms with E-state index in [0.717, 1.165) is 25.1 Å². The molecule has 1 aliphatic heterocycles. The molecule has 3 N–H and O–H groups in total. The third-order valence-corrected chi connectivity index (χ3v) is 4.19. The molecular formula is C18H24ClN5O3. The van der Waals surface area contributed by atoms with Gasteiger partial charge in [-0.3, -0.25) is 14.3 Å². The second kappa shape index (κ2) is 9.94. The first kappa shape index (κ1) is 20.7. The van der Waals surface area contributed by atoms with Crippen molar-refractivity contribution in [2.75, 3.05) is 24.3 Å². The lowest BCUT2D eigenvalue weighted by atomic mass is 10.1. The highest BCUT2D eigenvalue weighted by Crippen LogP contribution is 2.15. The number of benzene rings is 1. The second-order valence-corrected chi connectivity index (χ2v) is 6.25. The van der Waals surface area contributed by atoms with Crippen molar-refractivity contribution >= 4 is 35.6 Å². The third kappa shape index (κ3) is 6.26. The van der Waals surface area contributed by atoms with E-state index >= 15 is 0 Å². The molecule has 1 aromatic heterocycles. The quantitative estimate of drug-likeness (QED) is 0.668. The lowest BCUT2D eigenvalue weighted by Gasteiger charge is -2.09. The Balaban J connectivity index is 0.00000261. The van der Waals surface area contributed by atoms with Crippen molar-refractivity contribution < 1.29 is 14.3 Å². The van der Waals surface area contributed by atoms with Gasteiger partial charge in [-0.1, -0.05) is 0 Å². The zero-order valence-corrected chi connectivity index (χ0v) is 15.9. The number of methoxy groups -OCH3 is 1. The Morgan fingerprint density at radius 1 is 1.22 bits per heavy atom. The summed E-state index contributed by atoms with van der Waals surface area (Å²) < 4.78 is 6.57. The van der Waals surface area contributed by atoms with Gasteiger partial charge in [-0.15, -0.1) is 12.4 Å². The second-order valence-electron chi connectivity index (χ2n) is 6.25. The Hall–Kier alpha value is -2.58. The van der Waals surface area contributed by atoms with Crippen LogP contribution in [0.2, 0.25) is 0 Å². The van der Waals surface area contributed by atoms with Gasteiger partial charge in [-0.05, 0) is 43.7 Å². The number of nitrogens with zero attached hydrogens (tertiary/aromatic N) is 2. The molecule has 146 valence electrons. The van der Waals surface area contributed by atoms with Gasteiger partial charge in [0.05, 0.1) is 19.0 Å². The van der Waals surface area contributed by atoms with Crippen LogP contribution in [0, 0.1) is 0 Å². The lowest BCUT2D eigenvalue weighted by Crippen LogP contribution is -2.27. The lowest BCUT2D eigenvalue weighted by molar-refractivity contribution is -0.117. The van der Waals surface area contributed by atoms with E-state index in [-0.39, 0.29) is 36.8 Å². The Labute approximate surface area is 164 Å². The number of amides is 2. The molecule has 2 amide bonds. The Kier molecular flexibility index (Phi) is 7.63. The predicted molar refractivity (Wildman–Crippen MR) is 105 cm³/mol. The van der Waals surface area contributed by atoms with Crippen molar-refractivity contribution in [3.05, 3.63) is 36.7 Å². The summed E-state index contributed by atoms with van der Waals surface area (Å²) in [7, 11) is 1.59. The maximum atomic E-state index is 12.1. The molecule has 1 fully saturated rings. The molecule has 2 aromatic rings. The minimum Gasteiger partial charge on any atom is -0.497 e. The van der Waals surface area contributed by atoms with Crippen LogP contribution in [0.1, 0.15) is 19.3 Å². The van der Waals surface area contributed by atoms with Gasteiger partial charge >= 0.3 is 0 Å². The number of rotatable bonds is 7. The van der Waals surface area contributed by atoms with Crippen molar-refractivity contribution in [2.24, 2.45) is 0 Å². The molecule has 1 saturated heterocycles. The number of carbonyl (C=O) groups is 2. The van der Waals surface area contributed by atoms with E-state index in [9.17, 15) is 9.59 Å². The summed E-state index contributed by atoms with van der Waals surface area (Å²) in [4.78, 5) is 24.1. The maximum absolute atomic E-state index is 12.1. The number of anilines is 2. The molecule has 8 nitrogen and oxygen atoms in total. The third-order valence-electron chi connectivity index (χ3n) is 4.19. The fourth-order valence-electron chi connectivity index (χ4n) is 2.90. The number of ether oxygens (including phenoxy) is 1. The summed E-state index contributed by atoms with van der Waals surface area (Å²) in [5.74, 6) is 0.473. The maximum Gasteiger partial charge on any atom is 0.246 e. The van der Waals surface area contributed by atoms with Crippen LogP contribution in [0.4, 0.5) is 11.4 Å². The predicted octanol–water partition coefficient (Wildman–Crippen LogP) is 2.03. The molecule has 1 aliphatic rings. The van der Waals surface area contributed by atoms with Gasteiger partial charge in [-0.2, -0.15) is 5.10 Å². The molecule has 27 heavy (non-hydrogen) atoms. The minimum absolute atomic E-state index is 0. The van der Waals surface area contributed by atoms with Crippen LogP contribution in [0.15, 0.2) is 36.7 Å². The molecule has 0 radical (unpaired) electrons. The van der Waals surface area contributed by atoms with Crippen molar-refractivity contribution in [2.45, 2.75) is 31.8 Å². The first-order valence-electron chi connectivity index (χ1n) is 8.62. The zero-order chi connectivity index (χ0) is 18.4. The number of aromatic nitrogens is 2. The van der Waals surface area contributed by atoms with E-state index in [2.05, 4.69) is 21.0 Å². The van der Waals surface area contributed by atoms with Crippen LogP contribution in [0.25, 0.3) is 0 Å². The standard InChI is InChI=1S/C18H23N5O3.ClH/c1-26-16-6-4-13(5-7-16)21-18(25)12-23-11-15(10-20-23)22-17(24)9-14-3-2-8-19-14;/h4-7,10-11,14,19H,2-3,8-9,12H2,1H3,(H,21,25)(H,22,24);1H. The van der Waals surface area contributed by atoms with E-state index in [4.69, 9.17) is 4.74 Å². The van der Waals surface area contributed by atoms with Gasteiger partial charge < -0.3 is 20.7 Å². The highest BCUT2D eigenvalue weighted by atomic mass is 35.5. The molecule has 2 heterocycles. The molecule has 1 aromatic carbocycles. The van der Waals surface area contributed by atoms with Gasteiger partial charge in [-0.25, -0.2) is 0 Å². The number of hydrogen-bond donors (Lipinski definition) is 3. The largest absolute Gasteiger partial charge is 0.497 e. The van der Waals surface area contributed by atoms with E-state index < -0.39 is 0 Å². The fourth-order valence-corrected chi connectivity index (χ4v) is 2.90. The molecule has 9 heteroatoms. The van der Waals surface area contributed by atoms with Crippen molar-refractivity contribution in [3.63, 3.8) is 0 Å². The van der Waals surface area contributed by atoms with Crippen LogP contribution in [0.3, 0.4) is 0 Å². The van der Waals surface area contributed by atoms with E-state index in [1.54, 1.807) is 43.8 Å². The van der Waals surface area contributed by atoms with E-state index in [1.807, 2.05) is 0 Å². The average Bonchev–Trinajstić information content (AvgIpc) is 3.27. The molecule has 0 saturated carbocycles. The Bertz CT molecular complexity index is 757. The highest BCUT2D eigenvalue weighted by molar-refractivity contribution is 5.92. The smallest absolute Gasteiger partial charge is 0.246 e. The summed E-state index contributed by atoms with van der Waals surface area (Å²) in [6.07, 6.45) is 5.77. The monoisotopic (exact) mass is 393 g/mol. The van der Waals surface area contributed by atoms with Crippen LogP contribution in [-0.4, -0.2) is 41.3 Å². The Morgan fingerprint density at radius 2 is 1.96 bits per heavy atom. The fraction of sp³-hybridized carbons (Fsp3) is 0.389. The Morgan fingerprint density at radius 3 is 2.63 bits per heavy atom. The highest BCUT2D eigenvalue weighted by Gasteiger charge is 2.18. The SMILES string of the molecule is COc1ccc(NC(=O)Cn2cc(NC(=O)CC3CCCN3)cn2)cc1.Cl. The van der Waals surface area contributed by atoms with Crippen LogP contribution < -0.4 is 20.7 Å². The molecule has 0 spiro atoms. The molecular weight excluding hydrogens is 370 g/mol. The molecule has 1 unspecified atom stereocenters. The zero-order valence-electron chi connectivity index (χ0n) is 15.1. The molecule has 0 aliphatic carbocycles. The van der Waals surface area contributed by atoms with Crippen LogP contribution in [0.5, 0.6) is 5.75 Å². The summed E-state index contributed by atoms with van der Waals surface area (Å²) >= 11 is 0. The van der Waals surface area contributed by atoms with Gasteiger partial charge in [0, 0.05) is 24.3 Å². The normalized spacial score (nSPS) is 15.7. The first-order chi connectivity index (χ1) is 12.6. The van der Waals surface area contributed by atoms with Gasteiger partial charge in [0.15, 0.2) is 0 Å². The number of nitrogens with one attached hydrogen (secondary N) is 3. The van der Waals surface area contributed by atoms with Crippen molar-refractivity contribution in [3.8, 4) is 5.75 Å². The van der Waals surface area contributed by atoms with Crippen LogP contribution >= 0.6 is 12.4 Å². The van der Waals surface area contributed by atoms with Gasteiger partial charge in [0.2, 0.25) is 11.8 Å². The summed E-state index contributed by atoms with van der Waals surface area (Å²) in [6, 6.07) is 7.33. The summed E-state index contributed by atoms with van der Waals surface area (Å²) in [6.45, 7) is 1.03. The van der Waals surface area contributed by atoms with E-state index in [0.29, 0.717) is 17.8 Å². The summed E-state index contributed by atoms with van der Waals surface area (Å²) in [5.41, 5.74) is 1.27. The van der Waals surface area contributed by atoms with Crippen molar-refractivity contribution in [1.29, 1.82) is 0 Å². The number of halogens is 1. The number of hydrogen-bond acceptors (Lipinski definition) is 5. The first-order valence-corrected chi connectivity index (χ1v) is 8.62. The topological polar surface area (TPSA) is 97.3 Å². The van der Waals surface area contributed by atoms with Crippen LogP contribution in [-0.2, 0) is 16.1 Å². The molecule has 0 bridgehead atoms. The molecule has 1 atom stereocenters. The number of carbonyl (C=O) groups excluding carboxylic acids is 2. The van der Waals surface area contributed by atoms with Crippen molar-refractivity contribution in [1.82, 2.24) is 15.1 Å². The molecule has 3 rings (SSSR count). The van der Waals surface area contributed by atoms with Gasteiger partial charge in [0.25, 0.3) is 0 Å². The van der Waals surface area contributed by atoms with Gasteiger partial charge in [0.1, 0.15) is 12.3 Å².